The molecule has 1 aromatic heterocycles. The number of aryl methyl sites for hydroxylation is 1. The number of fused-ring (bicyclic) bond motifs is 1. The number of aromatic amines is 1. The Kier molecular flexibility index (Phi) is 4.51. The Hall–Kier alpha value is -1.52. The number of amides is 2. The van der Waals surface area contributed by atoms with E-state index < -0.39 is 0 Å². The van der Waals surface area contributed by atoms with Gasteiger partial charge in [-0.15, -0.1) is 0 Å². The summed E-state index contributed by atoms with van der Waals surface area (Å²) in [6.07, 6.45) is 15.3. The second-order valence-corrected chi connectivity index (χ2v) is 8.12. The van der Waals surface area contributed by atoms with Gasteiger partial charge in [-0.25, -0.2) is 9.78 Å². The van der Waals surface area contributed by atoms with E-state index in [0.717, 1.165) is 32.4 Å². The molecule has 1 aromatic rings. The van der Waals surface area contributed by atoms with Crippen molar-refractivity contribution in [3.63, 3.8) is 0 Å². The Labute approximate surface area is 144 Å². The molecule has 3 aliphatic rings. The molecule has 2 N–H and O–H groups in total. The molecule has 5 heteroatoms. The highest BCUT2D eigenvalue weighted by molar-refractivity contribution is 5.74. The number of carbonyl (C=O) groups is 1. The largest absolute Gasteiger partial charge is 0.348 e. The van der Waals surface area contributed by atoms with E-state index in [1.165, 1.54) is 62.8 Å². The standard InChI is InChI=1S/C19H30N4O/c24-18(22-15-5-6-16-17(13-15)21-14-20-16)23-11-4-9-19(10-12-23)7-2-1-3-8-19/h14-15H,1-13H2,(H,20,21)(H,22,24). The van der Waals surface area contributed by atoms with Crippen LogP contribution in [-0.4, -0.2) is 40.0 Å². The summed E-state index contributed by atoms with van der Waals surface area (Å²) in [5.41, 5.74) is 2.92. The maximum Gasteiger partial charge on any atom is 0.317 e. The molecule has 1 aliphatic heterocycles. The fourth-order valence-electron chi connectivity index (χ4n) is 5.05. The Morgan fingerprint density at radius 2 is 2.00 bits per heavy atom. The van der Waals surface area contributed by atoms with E-state index in [0.29, 0.717) is 5.41 Å². The van der Waals surface area contributed by atoms with Crippen molar-refractivity contribution < 1.29 is 4.79 Å². The van der Waals surface area contributed by atoms with Gasteiger partial charge in [0, 0.05) is 31.2 Å². The molecule has 1 atom stereocenters. The minimum absolute atomic E-state index is 0.149. The molecule has 0 radical (unpaired) electrons. The minimum atomic E-state index is 0.149. The van der Waals surface area contributed by atoms with Crippen molar-refractivity contribution in [2.75, 3.05) is 13.1 Å². The van der Waals surface area contributed by atoms with Gasteiger partial charge in [0.05, 0.1) is 12.0 Å². The maximum atomic E-state index is 12.7. The van der Waals surface area contributed by atoms with Gasteiger partial charge in [-0.3, -0.25) is 0 Å². The van der Waals surface area contributed by atoms with Crippen LogP contribution in [0.3, 0.4) is 0 Å². The van der Waals surface area contributed by atoms with Gasteiger partial charge in [0.1, 0.15) is 0 Å². The van der Waals surface area contributed by atoms with E-state index in [9.17, 15) is 4.79 Å². The van der Waals surface area contributed by atoms with Crippen LogP contribution in [0.1, 0.15) is 69.2 Å². The summed E-state index contributed by atoms with van der Waals surface area (Å²) >= 11 is 0. The van der Waals surface area contributed by atoms with Gasteiger partial charge in [0.2, 0.25) is 0 Å². The number of likely N-dealkylation sites (tertiary alicyclic amines) is 1. The lowest BCUT2D eigenvalue weighted by molar-refractivity contribution is 0.157. The van der Waals surface area contributed by atoms with Gasteiger partial charge >= 0.3 is 6.03 Å². The zero-order valence-corrected chi connectivity index (χ0v) is 14.6. The normalized spacial score (nSPS) is 26.7. The lowest BCUT2D eigenvalue weighted by atomic mass is 9.69. The molecule has 1 saturated heterocycles. The topological polar surface area (TPSA) is 61.0 Å². The zero-order valence-electron chi connectivity index (χ0n) is 14.6. The molecule has 24 heavy (non-hydrogen) atoms. The smallest absolute Gasteiger partial charge is 0.317 e. The summed E-state index contributed by atoms with van der Waals surface area (Å²) < 4.78 is 0. The zero-order chi connectivity index (χ0) is 16.4. The van der Waals surface area contributed by atoms with Crippen LogP contribution in [0.4, 0.5) is 4.79 Å². The molecule has 1 unspecified atom stereocenters. The van der Waals surface area contributed by atoms with Crippen molar-refractivity contribution >= 4 is 6.03 Å². The SMILES string of the molecule is O=C(NC1CCc2nc[nH]c2C1)N1CCCC2(CCCCC2)CC1. The molecule has 0 aromatic carbocycles. The fourth-order valence-corrected chi connectivity index (χ4v) is 5.05. The van der Waals surface area contributed by atoms with Gasteiger partial charge < -0.3 is 15.2 Å². The maximum absolute atomic E-state index is 12.7. The highest BCUT2D eigenvalue weighted by Gasteiger charge is 2.35. The van der Waals surface area contributed by atoms with Crippen molar-refractivity contribution in [3.05, 3.63) is 17.7 Å². The Balaban J connectivity index is 1.32. The lowest BCUT2D eigenvalue weighted by Gasteiger charge is -2.36. The summed E-state index contributed by atoms with van der Waals surface area (Å²) in [7, 11) is 0. The molecule has 1 saturated carbocycles. The quantitative estimate of drug-likeness (QED) is 0.829. The predicted octanol–water partition coefficient (Wildman–Crippen LogP) is 3.41. The number of hydrogen-bond donors (Lipinski definition) is 2. The van der Waals surface area contributed by atoms with Crippen molar-refractivity contribution in [2.24, 2.45) is 5.41 Å². The molecule has 132 valence electrons. The molecule has 5 nitrogen and oxygen atoms in total. The van der Waals surface area contributed by atoms with E-state index in [1.807, 2.05) is 0 Å². The van der Waals surface area contributed by atoms with E-state index in [1.54, 1.807) is 6.33 Å². The number of urea groups is 1. The number of H-pyrrole nitrogens is 1. The van der Waals surface area contributed by atoms with Crippen LogP contribution in [0.25, 0.3) is 0 Å². The van der Waals surface area contributed by atoms with Crippen LogP contribution in [0.5, 0.6) is 0 Å². The van der Waals surface area contributed by atoms with E-state index in [-0.39, 0.29) is 12.1 Å². The fraction of sp³-hybridized carbons (Fsp3) is 0.789. The highest BCUT2D eigenvalue weighted by atomic mass is 16.2. The molecule has 2 heterocycles. The lowest BCUT2D eigenvalue weighted by Crippen LogP contribution is -2.47. The van der Waals surface area contributed by atoms with Gasteiger partial charge in [-0.2, -0.15) is 0 Å². The number of imidazole rings is 1. The Bertz CT molecular complexity index is 576. The molecule has 2 amide bonds. The van der Waals surface area contributed by atoms with Crippen LogP contribution in [0.15, 0.2) is 6.33 Å². The second-order valence-electron chi connectivity index (χ2n) is 8.12. The van der Waals surface area contributed by atoms with Crippen molar-refractivity contribution in [1.82, 2.24) is 20.2 Å². The van der Waals surface area contributed by atoms with Crippen molar-refractivity contribution in [1.29, 1.82) is 0 Å². The van der Waals surface area contributed by atoms with Crippen LogP contribution < -0.4 is 5.32 Å². The number of nitrogens with zero attached hydrogens (tertiary/aromatic N) is 2. The molecule has 0 bridgehead atoms. The number of nitrogens with one attached hydrogen (secondary N) is 2. The molecular formula is C19H30N4O. The van der Waals surface area contributed by atoms with Crippen molar-refractivity contribution in [3.8, 4) is 0 Å². The predicted molar refractivity (Wildman–Crippen MR) is 93.9 cm³/mol. The van der Waals surface area contributed by atoms with Crippen molar-refractivity contribution in [2.45, 2.75) is 76.7 Å². The number of hydrogen-bond acceptors (Lipinski definition) is 2. The van der Waals surface area contributed by atoms with Gasteiger partial charge in [0.15, 0.2) is 0 Å². The first-order valence-electron chi connectivity index (χ1n) is 9.81. The average molecular weight is 330 g/mol. The van der Waals surface area contributed by atoms with Crippen LogP contribution in [0, 0.1) is 5.41 Å². The summed E-state index contributed by atoms with van der Waals surface area (Å²) in [6.45, 7) is 1.86. The summed E-state index contributed by atoms with van der Waals surface area (Å²) in [6, 6.07) is 0.396. The number of rotatable bonds is 1. The number of aromatic nitrogens is 2. The minimum Gasteiger partial charge on any atom is -0.348 e. The van der Waals surface area contributed by atoms with Crippen LogP contribution >= 0.6 is 0 Å². The summed E-state index contributed by atoms with van der Waals surface area (Å²) in [5.74, 6) is 0. The van der Waals surface area contributed by atoms with E-state index in [2.05, 4.69) is 20.2 Å². The molecular weight excluding hydrogens is 300 g/mol. The summed E-state index contributed by atoms with van der Waals surface area (Å²) in [5, 5.41) is 3.28. The summed E-state index contributed by atoms with van der Waals surface area (Å²) in [4.78, 5) is 22.4. The Morgan fingerprint density at radius 3 is 2.88 bits per heavy atom. The molecule has 2 aliphatic carbocycles. The first kappa shape index (κ1) is 16.0. The third kappa shape index (κ3) is 3.31. The van der Waals surface area contributed by atoms with Gasteiger partial charge in [-0.05, 0) is 50.4 Å². The monoisotopic (exact) mass is 330 g/mol. The third-order valence-electron chi connectivity index (χ3n) is 6.56. The molecule has 2 fully saturated rings. The number of carbonyl (C=O) groups excluding carboxylic acids is 1. The highest BCUT2D eigenvalue weighted by Crippen LogP contribution is 2.44. The second kappa shape index (κ2) is 6.77. The molecule has 4 rings (SSSR count). The van der Waals surface area contributed by atoms with Gasteiger partial charge in [-0.1, -0.05) is 19.3 Å². The Morgan fingerprint density at radius 1 is 1.17 bits per heavy atom. The first-order valence-corrected chi connectivity index (χ1v) is 9.81. The average Bonchev–Trinajstić information content (AvgIpc) is 2.97. The van der Waals surface area contributed by atoms with Crippen LogP contribution in [0.2, 0.25) is 0 Å². The van der Waals surface area contributed by atoms with Gasteiger partial charge in [0.25, 0.3) is 0 Å². The first-order chi connectivity index (χ1) is 11.7. The van der Waals surface area contributed by atoms with E-state index >= 15 is 0 Å². The van der Waals surface area contributed by atoms with Crippen LogP contribution in [-0.2, 0) is 12.8 Å². The molecule has 1 spiro atoms. The van der Waals surface area contributed by atoms with E-state index in [4.69, 9.17) is 0 Å². The third-order valence-corrected chi connectivity index (χ3v) is 6.56.